The van der Waals surface area contributed by atoms with Crippen LogP contribution in [0.4, 0.5) is 0 Å². The molecule has 3 nitrogen and oxygen atoms in total. The third kappa shape index (κ3) is 2.82. The summed E-state index contributed by atoms with van der Waals surface area (Å²) in [6.45, 7) is 6.19. The Kier molecular flexibility index (Phi) is 3.22. The van der Waals surface area contributed by atoms with Gasteiger partial charge < -0.3 is 5.32 Å². The van der Waals surface area contributed by atoms with E-state index in [0.29, 0.717) is 0 Å². The zero-order valence-corrected chi connectivity index (χ0v) is 11.8. The number of hydrogen-bond donors (Lipinski definition) is 1. The molecule has 4 heteroatoms. The smallest absolute Gasteiger partial charge is 0.0670 e. The highest BCUT2D eigenvalue weighted by atomic mass is 32.1. The third-order valence-corrected chi connectivity index (χ3v) is 4.40. The molecular formula is C14H19N3S. The Hall–Kier alpha value is -1.13. The van der Waals surface area contributed by atoms with E-state index in [9.17, 15) is 0 Å². The quantitative estimate of drug-likeness (QED) is 0.897. The molecule has 0 aliphatic heterocycles. The van der Waals surface area contributed by atoms with E-state index in [4.69, 9.17) is 0 Å². The average molecular weight is 261 g/mol. The highest BCUT2D eigenvalue weighted by molar-refractivity contribution is 7.12. The largest absolute Gasteiger partial charge is 0.309 e. The minimum atomic E-state index is 0.782. The summed E-state index contributed by atoms with van der Waals surface area (Å²) >= 11 is 1.91. The number of hydrogen-bond acceptors (Lipinski definition) is 3. The Morgan fingerprint density at radius 3 is 2.94 bits per heavy atom. The minimum absolute atomic E-state index is 0.782. The second-order valence-electron chi connectivity index (χ2n) is 5.16. The molecule has 0 radical (unpaired) electrons. The standard InChI is InChI=1S/C14H19N3S/c1-10-6-16-17(8-10)9-12-5-14(18-11(12)2)7-15-13-3-4-13/h5-6,8,13,15H,3-4,7,9H2,1-2H3. The zero-order valence-electron chi connectivity index (χ0n) is 10.9. The Morgan fingerprint density at radius 2 is 2.28 bits per heavy atom. The van der Waals surface area contributed by atoms with Crippen molar-refractivity contribution in [3.05, 3.63) is 39.3 Å². The summed E-state index contributed by atoms with van der Waals surface area (Å²) in [7, 11) is 0. The van der Waals surface area contributed by atoms with Gasteiger partial charge in [0.1, 0.15) is 0 Å². The van der Waals surface area contributed by atoms with Crippen LogP contribution < -0.4 is 5.32 Å². The lowest BCUT2D eigenvalue weighted by Crippen LogP contribution is -2.14. The van der Waals surface area contributed by atoms with E-state index in [1.54, 1.807) is 0 Å². The monoisotopic (exact) mass is 261 g/mol. The van der Waals surface area contributed by atoms with Gasteiger partial charge in [0.15, 0.2) is 0 Å². The van der Waals surface area contributed by atoms with Crippen LogP contribution in [0.25, 0.3) is 0 Å². The van der Waals surface area contributed by atoms with Gasteiger partial charge in [0.25, 0.3) is 0 Å². The van der Waals surface area contributed by atoms with E-state index in [1.165, 1.54) is 33.7 Å². The molecule has 1 N–H and O–H groups in total. The van der Waals surface area contributed by atoms with Gasteiger partial charge in [0.2, 0.25) is 0 Å². The van der Waals surface area contributed by atoms with Crippen molar-refractivity contribution >= 4 is 11.3 Å². The van der Waals surface area contributed by atoms with E-state index in [2.05, 4.69) is 36.5 Å². The number of rotatable bonds is 5. The fourth-order valence-corrected chi connectivity index (χ4v) is 3.10. The fraction of sp³-hybridized carbons (Fsp3) is 0.500. The van der Waals surface area contributed by atoms with Gasteiger partial charge in [-0.1, -0.05) is 0 Å². The first-order valence-electron chi connectivity index (χ1n) is 6.51. The number of aromatic nitrogens is 2. The van der Waals surface area contributed by atoms with Gasteiger partial charge in [-0.25, -0.2) is 0 Å². The Bertz CT molecular complexity index is 537. The molecule has 0 amide bonds. The molecule has 96 valence electrons. The lowest BCUT2D eigenvalue weighted by atomic mass is 10.2. The second-order valence-corrected chi connectivity index (χ2v) is 6.51. The zero-order chi connectivity index (χ0) is 12.5. The average Bonchev–Trinajstić information content (AvgIpc) is 2.99. The maximum atomic E-state index is 4.35. The van der Waals surface area contributed by atoms with Crippen LogP contribution in [0.3, 0.4) is 0 Å². The van der Waals surface area contributed by atoms with Crippen molar-refractivity contribution in [2.75, 3.05) is 0 Å². The van der Waals surface area contributed by atoms with Crippen molar-refractivity contribution < 1.29 is 0 Å². The molecule has 1 aliphatic carbocycles. The van der Waals surface area contributed by atoms with E-state index in [0.717, 1.165) is 19.1 Å². The van der Waals surface area contributed by atoms with Gasteiger partial charge in [-0.3, -0.25) is 4.68 Å². The third-order valence-electron chi connectivity index (χ3n) is 3.31. The summed E-state index contributed by atoms with van der Waals surface area (Å²) in [6.07, 6.45) is 6.71. The first-order chi connectivity index (χ1) is 8.70. The maximum Gasteiger partial charge on any atom is 0.0670 e. The van der Waals surface area contributed by atoms with Gasteiger partial charge in [0.05, 0.1) is 12.7 Å². The summed E-state index contributed by atoms with van der Waals surface area (Å²) in [5.41, 5.74) is 2.62. The molecular weight excluding hydrogens is 242 g/mol. The first-order valence-corrected chi connectivity index (χ1v) is 7.33. The van der Waals surface area contributed by atoms with Crippen molar-refractivity contribution in [2.24, 2.45) is 0 Å². The van der Waals surface area contributed by atoms with Crippen LogP contribution >= 0.6 is 11.3 Å². The Balaban J connectivity index is 1.67. The molecule has 0 bridgehead atoms. The van der Waals surface area contributed by atoms with E-state index < -0.39 is 0 Å². The van der Waals surface area contributed by atoms with Gasteiger partial charge >= 0.3 is 0 Å². The molecule has 1 fully saturated rings. The van der Waals surface area contributed by atoms with Gasteiger partial charge in [-0.05, 0) is 43.9 Å². The van der Waals surface area contributed by atoms with E-state index in [1.807, 2.05) is 22.2 Å². The molecule has 3 rings (SSSR count). The normalized spacial score (nSPS) is 15.2. The SMILES string of the molecule is Cc1cnn(Cc2cc(CNC3CC3)sc2C)c1. The summed E-state index contributed by atoms with van der Waals surface area (Å²) in [5.74, 6) is 0. The van der Waals surface area contributed by atoms with Crippen LogP contribution in [0.5, 0.6) is 0 Å². The molecule has 2 heterocycles. The maximum absolute atomic E-state index is 4.35. The summed E-state index contributed by atoms with van der Waals surface area (Å²) in [6, 6.07) is 3.11. The van der Waals surface area contributed by atoms with Gasteiger partial charge in [-0.15, -0.1) is 11.3 Å². The van der Waals surface area contributed by atoms with E-state index >= 15 is 0 Å². The molecule has 2 aromatic heterocycles. The van der Waals surface area contributed by atoms with Crippen LogP contribution in [-0.4, -0.2) is 15.8 Å². The van der Waals surface area contributed by atoms with Crippen molar-refractivity contribution in [1.82, 2.24) is 15.1 Å². The molecule has 1 saturated carbocycles. The predicted octanol–water partition coefficient (Wildman–Crippen LogP) is 2.86. The lowest BCUT2D eigenvalue weighted by molar-refractivity contribution is 0.680. The van der Waals surface area contributed by atoms with Crippen molar-refractivity contribution in [1.29, 1.82) is 0 Å². The molecule has 0 saturated heterocycles. The van der Waals surface area contributed by atoms with Crippen molar-refractivity contribution in [3.63, 3.8) is 0 Å². The molecule has 0 spiro atoms. The topological polar surface area (TPSA) is 29.9 Å². The molecule has 1 aliphatic rings. The first kappa shape index (κ1) is 11.9. The highest BCUT2D eigenvalue weighted by Crippen LogP contribution is 2.24. The van der Waals surface area contributed by atoms with E-state index in [-0.39, 0.29) is 0 Å². The number of nitrogens with zero attached hydrogens (tertiary/aromatic N) is 2. The molecule has 18 heavy (non-hydrogen) atoms. The number of thiophene rings is 1. The Labute approximate surface area is 112 Å². The molecule has 0 unspecified atom stereocenters. The van der Waals surface area contributed by atoms with Crippen LogP contribution in [0, 0.1) is 13.8 Å². The summed E-state index contributed by atoms with van der Waals surface area (Å²) in [5, 5.41) is 7.92. The van der Waals surface area contributed by atoms with Crippen LogP contribution in [0.2, 0.25) is 0 Å². The highest BCUT2D eigenvalue weighted by Gasteiger charge is 2.20. The Morgan fingerprint density at radius 1 is 1.44 bits per heavy atom. The van der Waals surface area contributed by atoms with Gasteiger partial charge in [0, 0.05) is 28.5 Å². The minimum Gasteiger partial charge on any atom is -0.309 e. The molecule has 0 atom stereocenters. The van der Waals surface area contributed by atoms with Gasteiger partial charge in [-0.2, -0.15) is 5.10 Å². The number of aryl methyl sites for hydroxylation is 2. The molecule has 0 aromatic carbocycles. The van der Waals surface area contributed by atoms with Crippen LogP contribution in [-0.2, 0) is 13.1 Å². The number of nitrogens with one attached hydrogen (secondary N) is 1. The summed E-state index contributed by atoms with van der Waals surface area (Å²) < 4.78 is 2.02. The predicted molar refractivity (Wildman–Crippen MR) is 75.0 cm³/mol. The van der Waals surface area contributed by atoms with Crippen molar-refractivity contribution in [2.45, 2.75) is 45.8 Å². The van der Waals surface area contributed by atoms with Crippen LogP contribution in [0.1, 0.15) is 33.7 Å². The fourth-order valence-electron chi connectivity index (χ4n) is 2.09. The lowest BCUT2D eigenvalue weighted by Gasteiger charge is -2.00. The molecule has 2 aromatic rings. The van der Waals surface area contributed by atoms with Crippen LogP contribution in [0.15, 0.2) is 18.5 Å². The van der Waals surface area contributed by atoms with Crippen molar-refractivity contribution in [3.8, 4) is 0 Å². The second kappa shape index (κ2) is 4.86. The summed E-state index contributed by atoms with van der Waals surface area (Å²) in [4.78, 5) is 2.86.